The number of hydrogen-bond acceptors (Lipinski definition) is 3. The molecule has 0 atom stereocenters. The van der Waals surface area contributed by atoms with Crippen molar-refractivity contribution >= 4 is 11.8 Å². The molecule has 1 saturated heterocycles. The van der Waals surface area contributed by atoms with Crippen molar-refractivity contribution in [2.75, 3.05) is 32.7 Å². The van der Waals surface area contributed by atoms with Gasteiger partial charge in [-0.15, -0.1) is 0 Å². The van der Waals surface area contributed by atoms with Crippen molar-refractivity contribution in [3.05, 3.63) is 35.4 Å². The summed E-state index contributed by atoms with van der Waals surface area (Å²) in [6.07, 6.45) is 0. The molecule has 1 aliphatic rings. The molecule has 0 radical (unpaired) electrons. The van der Waals surface area contributed by atoms with Crippen molar-refractivity contribution in [2.24, 2.45) is 0 Å². The average Bonchev–Trinajstić information content (AvgIpc) is 2.47. The topological polar surface area (TPSA) is 61.4 Å². The van der Waals surface area contributed by atoms with Gasteiger partial charge in [0.2, 0.25) is 5.91 Å². The third-order valence-corrected chi connectivity index (χ3v) is 3.04. The number of halogens is 2. The van der Waals surface area contributed by atoms with Crippen LogP contribution in [0.4, 0.5) is 8.78 Å². The van der Waals surface area contributed by atoms with Crippen LogP contribution in [-0.2, 0) is 4.79 Å². The third-order valence-electron chi connectivity index (χ3n) is 3.04. The molecule has 0 unspecified atom stereocenters. The van der Waals surface area contributed by atoms with Gasteiger partial charge < -0.3 is 15.5 Å². The molecule has 0 aromatic heterocycles. The lowest BCUT2D eigenvalue weighted by atomic mass is 10.2. The highest BCUT2D eigenvalue weighted by molar-refractivity contribution is 5.96. The zero-order valence-corrected chi connectivity index (χ0v) is 10.8. The van der Waals surface area contributed by atoms with Crippen LogP contribution in [0.1, 0.15) is 10.4 Å². The van der Waals surface area contributed by atoms with Gasteiger partial charge in [-0.1, -0.05) is 0 Å². The van der Waals surface area contributed by atoms with Crippen LogP contribution in [0, 0.1) is 11.6 Å². The maximum absolute atomic E-state index is 13.4. The van der Waals surface area contributed by atoms with Crippen LogP contribution >= 0.6 is 0 Å². The molecule has 0 spiro atoms. The molecular weight excluding hydrogens is 268 g/mol. The second-order valence-corrected chi connectivity index (χ2v) is 4.44. The minimum Gasteiger partial charge on any atom is -0.343 e. The van der Waals surface area contributed by atoms with E-state index >= 15 is 0 Å². The van der Waals surface area contributed by atoms with Crippen LogP contribution in [0.2, 0.25) is 0 Å². The summed E-state index contributed by atoms with van der Waals surface area (Å²) in [6, 6.07) is 2.61. The highest BCUT2D eigenvalue weighted by atomic mass is 19.1. The summed E-state index contributed by atoms with van der Waals surface area (Å²) in [5.74, 6) is -2.56. The molecule has 0 aliphatic carbocycles. The Morgan fingerprint density at radius 2 is 1.95 bits per heavy atom. The molecular formula is C13H15F2N3O2. The van der Waals surface area contributed by atoms with Gasteiger partial charge in [-0.3, -0.25) is 9.59 Å². The molecule has 1 heterocycles. The van der Waals surface area contributed by atoms with E-state index in [2.05, 4.69) is 10.6 Å². The van der Waals surface area contributed by atoms with Gasteiger partial charge in [0.1, 0.15) is 11.6 Å². The number of amides is 2. The number of nitrogens with one attached hydrogen (secondary N) is 2. The average molecular weight is 283 g/mol. The van der Waals surface area contributed by atoms with E-state index in [0.29, 0.717) is 26.2 Å². The van der Waals surface area contributed by atoms with Crippen LogP contribution in [-0.4, -0.2) is 49.4 Å². The van der Waals surface area contributed by atoms with Gasteiger partial charge in [0.05, 0.1) is 12.1 Å². The lowest BCUT2D eigenvalue weighted by Crippen LogP contribution is -2.49. The SMILES string of the molecule is O=C(NCC(=O)N1CCNCC1)c1cc(F)ccc1F. The molecule has 1 aliphatic heterocycles. The number of rotatable bonds is 3. The first-order valence-electron chi connectivity index (χ1n) is 6.29. The minimum atomic E-state index is -0.821. The predicted octanol–water partition coefficient (Wildman–Crippen LogP) is 0.126. The minimum absolute atomic E-state index is 0.227. The lowest BCUT2D eigenvalue weighted by molar-refractivity contribution is -0.130. The quantitative estimate of drug-likeness (QED) is 0.828. The molecule has 0 saturated carbocycles. The van der Waals surface area contributed by atoms with E-state index in [1.165, 1.54) is 0 Å². The van der Waals surface area contributed by atoms with Gasteiger partial charge in [0.25, 0.3) is 5.91 Å². The van der Waals surface area contributed by atoms with E-state index in [1.54, 1.807) is 4.90 Å². The number of hydrogen-bond donors (Lipinski definition) is 2. The van der Waals surface area contributed by atoms with Gasteiger partial charge in [-0.25, -0.2) is 8.78 Å². The van der Waals surface area contributed by atoms with Crippen LogP contribution in [0.25, 0.3) is 0 Å². The van der Waals surface area contributed by atoms with E-state index in [1.807, 2.05) is 0 Å². The largest absolute Gasteiger partial charge is 0.343 e. The third kappa shape index (κ3) is 3.51. The molecule has 7 heteroatoms. The first kappa shape index (κ1) is 14.4. The Bertz CT molecular complexity index is 516. The van der Waals surface area contributed by atoms with Crippen LogP contribution < -0.4 is 10.6 Å². The monoisotopic (exact) mass is 283 g/mol. The van der Waals surface area contributed by atoms with E-state index in [0.717, 1.165) is 18.2 Å². The molecule has 20 heavy (non-hydrogen) atoms. The number of carbonyl (C=O) groups excluding carboxylic acids is 2. The van der Waals surface area contributed by atoms with Gasteiger partial charge >= 0.3 is 0 Å². The Balaban J connectivity index is 1.91. The van der Waals surface area contributed by atoms with Crippen LogP contribution in [0.3, 0.4) is 0 Å². The second-order valence-electron chi connectivity index (χ2n) is 4.44. The van der Waals surface area contributed by atoms with E-state index < -0.39 is 23.1 Å². The van der Waals surface area contributed by atoms with Gasteiger partial charge in [0, 0.05) is 26.2 Å². The summed E-state index contributed by atoms with van der Waals surface area (Å²) in [4.78, 5) is 25.1. The summed E-state index contributed by atoms with van der Waals surface area (Å²) >= 11 is 0. The van der Waals surface area contributed by atoms with E-state index in [9.17, 15) is 18.4 Å². The molecule has 2 amide bonds. The van der Waals surface area contributed by atoms with Gasteiger partial charge in [-0.2, -0.15) is 0 Å². The Morgan fingerprint density at radius 3 is 2.65 bits per heavy atom. The highest BCUT2D eigenvalue weighted by Crippen LogP contribution is 2.09. The van der Waals surface area contributed by atoms with Gasteiger partial charge in [0.15, 0.2) is 0 Å². The maximum Gasteiger partial charge on any atom is 0.254 e. The van der Waals surface area contributed by atoms with Crippen LogP contribution in [0.5, 0.6) is 0 Å². The van der Waals surface area contributed by atoms with Crippen molar-refractivity contribution in [2.45, 2.75) is 0 Å². The fourth-order valence-corrected chi connectivity index (χ4v) is 1.95. The molecule has 5 nitrogen and oxygen atoms in total. The fraction of sp³-hybridized carbons (Fsp3) is 0.385. The van der Waals surface area contributed by atoms with Gasteiger partial charge in [-0.05, 0) is 18.2 Å². The molecule has 1 aromatic carbocycles. The van der Waals surface area contributed by atoms with Crippen LogP contribution in [0.15, 0.2) is 18.2 Å². The summed E-state index contributed by atoms with van der Waals surface area (Å²) in [5, 5.41) is 5.41. The van der Waals surface area contributed by atoms with E-state index in [4.69, 9.17) is 0 Å². The molecule has 108 valence electrons. The first-order valence-corrected chi connectivity index (χ1v) is 6.29. The standard InChI is InChI=1S/C13H15F2N3O2/c14-9-1-2-11(15)10(7-9)13(20)17-8-12(19)18-5-3-16-4-6-18/h1-2,7,16H,3-6,8H2,(H,17,20). The Labute approximate surface area is 114 Å². The molecule has 2 N–H and O–H groups in total. The molecule has 2 rings (SSSR count). The van der Waals surface area contributed by atoms with Crippen molar-refractivity contribution < 1.29 is 18.4 Å². The first-order chi connectivity index (χ1) is 9.58. The summed E-state index contributed by atoms with van der Waals surface area (Å²) in [6.45, 7) is 2.33. The lowest BCUT2D eigenvalue weighted by Gasteiger charge is -2.27. The summed E-state index contributed by atoms with van der Waals surface area (Å²) in [7, 11) is 0. The summed E-state index contributed by atoms with van der Waals surface area (Å²) < 4.78 is 26.3. The predicted molar refractivity (Wildman–Crippen MR) is 68.1 cm³/mol. The van der Waals surface area contributed by atoms with Crippen molar-refractivity contribution in [3.8, 4) is 0 Å². The molecule has 0 bridgehead atoms. The highest BCUT2D eigenvalue weighted by Gasteiger charge is 2.18. The molecule has 1 aromatic rings. The Morgan fingerprint density at radius 1 is 1.25 bits per heavy atom. The summed E-state index contributed by atoms with van der Waals surface area (Å²) in [5.41, 5.74) is -0.405. The zero-order chi connectivity index (χ0) is 14.5. The Kier molecular flexibility index (Phi) is 4.62. The number of piperazine rings is 1. The normalized spacial score (nSPS) is 15.0. The smallest absolute Gasteiger partial charge is 0.254 e. The zero-order valence-electron chi connectivity index (χ0n) is 10.8. The number of benzene rings is 1. The number of nitrogens with zero attached hydrogens (tertiary/aromatic N) is 1. The van der Waals surface area contributed by atoms with E-state index in [-0.39, 0.29) is 12.5 Å². The number of carbonyl (C=O) groups is 2. The Hall–Kier alpha value is -2.02. The van der Waals surface area contributed by atoms with Crippen molar-refractivity contribution in [1.82, 2.24) is 15.5 Å². The van der Waals surface area contributed by atoms with Crippen molar-refractivity contribution in [3.63, 3.8) is 0 Å². The molecule has 1 fully saturated rings. The van der Waals surface area contributed by atoms with Crippen molar-refractivity contribution in [1.29, 1.82) is 0 Å². The maximum atomic E-state index is 13.4. The fourth-order valence-electron chi connectivity index (χ4n) is 1.95. The second kappa shape index (κ2) is 6.42.